The zero-order chi connectivity index (χ0) is 20.8. The summed E-state index contributed by atoms with van der Waals surface area (Å²) in [6, 6.07) is 14.4. The summed E-state index contributed by atoms with van der Waals surface area (Å²) in [6.45, 7) is 1.88. The number of ether oxygens (including phenoxy) is 3. The van der Waals surface area contributed by atoms with Crippen LogP contribution in [-0.2, 0) is 27.1 Å². The number of hydrogen-bond acceptors (Lipinski definition) is 4. The largest absolute Gasteiger partial charge is 0.469 e. The van der Waals surface area contributed by atoms with Crippen LogP contribution in [0.3, 0.4) is 0 Å². The molecule has 156 valence electrons. The van der Waals surface area contributed by atoms with Crippen LogP contribution in [0.4, 0.5) is 0 Å². The van der Waals surface area contributed by atoms with Crippen LogP contribution >= 0.6 is 15.9 Å². The molecule has 1 heterocycles. The molecule has 3 unspecified atom stereocenters. The summed E-state index contributed by atoms with van der Waals surface area (Å²) < 4.78 is 17.5. The third-order valence-electron chi connectivity index (χ3n) is 5.17. The van der Waals surface area contributed by atoms with Gasteiger partial charge < -0.3 is 14.2 Å². The van der Waals surface area contributed by atoms with Crippen molar-refractivity contribution in [3.8, 4) is 5.75 Å². The highest BCUT2D eigenvalue weighted by Gasteiger charge is 2.31. The molecule has 4 rings (SSSR count). The average Bonchev–Trinajstić information content (AvgIpc) is 3.62. The normalized spacial score (nSPS) is 20.4. The molecule has 1 saturated carbocycles. The van der Waals surface area contributed by atoms with Gasteiger partial charge in [-0.3, -0.25) is 4.79 Å². The standard InChI is InChI=1S/C21H23BrO4.C3H6/c1-13(20(23)24-2)10-14-4-9-19-16(11-14)12-18(21(25-3)26-19)15-5-7-17(22)8-6-15;1-2-3-1/h4-9,11,13,18,21H,10,12H2,1-3H3;1-3H2. The van der Waals surface area contributed by atoms with Crippen molar-refractivity contribution in [3.05, 3.63) is 63.6 Å². The molecule has 0 amide bonds. The Morgan fingerprint density at radius 1 is 1.14 bits per heavy atom. The maximum atomic E-state index is 11.7. The summed E-state index contributed by atoms with van der Waals surface area (Å²) in [5.74, 6) is 0.608. The molecule has 0 N–H and O–H groups in total. The fourth-order valence-electron chi connectivity index (χ4n) is 3.41. The Hall–Kier alpha value is -1.85. The quantitative estimate of drug-likeness (QED) is 0.539. The Balaban J connectivity index is 0.000000732. The van der Waals surface area contributed by atoms with Gasteiger partial charge >= 0.3 is 5.97 Å². The predicted molar refractivity (Wildman–Crippen MR) is 117 cm³/mol. The van der Waals surface area contributed by atoms with Crippen LogP contribution in [0.1, 0.15) is 48.8 Å². The first kappa shape index (κ1) is 21.8. The van der Waals surface area contributed by atoms with E-state index in [-0.39, 0.29) is 24.1 Å². The lowest BCUT2D eigenvalue weighted by Crippen LogP contribution is -2.33. The fourth-order valence-corrected chi connectivity index (χ4v) is 3.67. The highest BCUT2D eigenvalue weighted by Crippen LogP contribution is 2.37. The number of benzene rings is 2. The zero-order valence-corrected chi connectivity index (χ0v) is 18.9. The zero-order valence-electron chi connectivity index (χ0n) is 17.3. The molecule has 0 spiro atoms. The third kappa shape index (κ3) is 6.06. The Bertz CT molecular complexity index is 813. The van der Waals surface area contributed by atoms with E-state index in [4.69, 9.17) is 14.2 Å². The summed E-state index contributed by atoms with van der Waals surface area (Å²) in [5, 5.41) is 0. The van der Waals surface area contributed by atoms with Crippen LogP contribution in [0.5, 0.6) is 5.75 Å². The molecule has 2 aliphatic rings. The summed E-state index contributed by atoms with van der Waals surface area (Å²) in [4.78, 5) is 11.7. The van der Waals surface area contributed by atoms with E-state index in [0.29, 0.717) is 6.42 Å². The predicted octanol–water partition coefficient (Wildman–Crippen LogP) is 5.66. The molecule has 2 aromatic carbocycles. The van der Waals surface area contributed by atoms with E-state index in [1.807, 2.05) is 31.2 Å². The van der Waals surface area contributed by atoms with E-state index in [0.717, 1.165) is 27.8 Å². The van der Waals surface area contributed by atoms with Crippen molar-refractivity contribution < 1.29 is 19.0 Å². The summed E-state index contributed by atoms with van der Waals surface area (Å²) in [6.07, 6.45) is 5.66. The van der Waals surface area contributed by atoms with Crippen LogP contribution in [-0.4, -0.2) is 26.5 Å². The molecule has 1 aliphatic heterocycles. The van der Waals surface area contributed by atoms with E-state index in [9.17, 15) is 4.79 Å². The Kier molecular flexibility index (Phi) is 7.73. The first-order valence-electron chi connectivity index (χ1n) is 10.2. The van der Waals surface area contributed by atoms with Gasteiger partial charge in [0.05, 0.1) is 18.9 Å². The molecule has 1 aliphatic carbocycles. The van der Waals surface area contributed by atoms with Gasteiger partial charge in [-0.25, -0.2) is 0 Å². The number of halogens is 1. The average molecular weight is 461 g/mol. The maximum absolute atomic E-state index is 11.7. The second kappa shape index (κ2) is 10.3. The number of esters is 1. The number of hydrogen-bond donors (Lipinski definition) is 0. The molecular formula is C24H29BrO4. The van der Waals surface area contributed by atoms with Gasteiger partial charge in [-0.05, 0) is 47.7 Å². The lowest BCUT2D eigenvalue weighted by molar-refractivity contribution is -0.144. The van der Waals surface area contributed by atoms with E-state index < -0.39 is 0 Å². The van der Waals surface area contributed by atoms with Crippen molar-refractivity contribution in [2.45, 2.75) is 51.2 Å². The minimum atomic E-state index is -0.316. The third-order valence-corrected chi connectivity index (χ3v) is 5.69. The number of methoxy groups -OCH3 is 2. The Morgan fingerprint density at radius 3 is 2.41 bits per heavy atom. The van der Waals surface area contributed by atoms with Crippen molar-refractivity contribution in [2.24, 2.45) is 5.92 Å². The van der Waals surface area contributed by atoms with Crippen molar-refractivity contribution in [3.63, 3.8) is 0 Å². The topological polar surface area (TPSA) is 44.8 Å². The smallest absolute Gasteiger partial charge is 0.308 e. The van der Waals surface area contributed by atoms with Gasteiger partial charge in [0.2, 0.25) is 6.29 Å². The molecule has 4 nitrogen and oxygen atoms in total. The molecule has 0 radical (unpaired) electrons. The summed E-state index contributed by atoms with van der Waals surface area (Å²) in [5.41, 5.74) is 3.43. The van der Waals surface area contributed by atoms with E-state index in [1.165, 1.54) is 31.9 Å². The number of carbonyl (C=O) groups excluding carboxylic acids is 1. The fraction of sp³-hybridized carbons (Fsp3) is 0.458. The van der Waals surface area contributed by atoms with Gasteiger partial charge in [-0.2, -0.15) is 0 Å². The summed E-state index contributed by atoms with van der Waals surface area (Å²) in [7, 11) is 3.10. The lowest BCUT2D eigenvalue weighted by atomic mass is 9.87. The Morgan fingerprint density at radius 2 is 1.83 bits per heavy atom. The molecule has 29 heavy (non-hydrogen) atoms. The SMILES string of the molecule is C1CC1.COC(=O)C(C)Cc1ccc2c(c1)CC(c1ccc(Br)cc1)C(OC)O2. The van der Waals surface area contributed by atoms with E-state index >= 15 is 0 Å². The lowest BCUT2D eigenvalue weighted by Gasteiger charge is -2.33. The maximum Gasteiger partial charge on any atom is 0.308 e. The van der Waals surface area contributed by atoms with Gasteiger partial charge in [-0.15, -0.1) is 0 Å². The van der Waals surface area contributed by atoms with Crippen LogP contribution in [0.15, 0.2) is 46.9 Å². The first-order chi connectivity index (χ1) is 14.0. The van der Waals surface area contributed by atoms with Crippen LogP contribution < -0.4 is 4.74 Å². The van der Waals surface area contributed by atoms with Crippen molar-refractivity contribution in [2.75, 3.05) is 14.2 Å². The van der Waals surface area contributed by atoms with Crippen molar-refractivity contribution in [1.82, 2.24) is 0 Å². The molecule has 0 aromatic heterocycles. The number of fused-ring (bicyclic) bond motifs is 1. The van der Waals surface area contributed by atoms with Crippen LogP contribution in [0, 0.1) is 5.92 Å². The molecule has 5 heteroatoms. The number of carbonyl (C=O) groups is 1. The molecule has 0 bridgehead atoms. The van der Waals surface area contributed by atoms with E-state index in [1.54, 1.807) is 7.11 Å². The van der Waals surface area contributed by atoms with Crippen LogP contribution in [0.2, 0.25) is 0 Å². The second-order valence-corrected chi connectivity index (χ2v) is 8.63. The highest BCUT2D eigenvalue weighted by atomic mass is 79.9. The van der Waals surface area contributed by atoms with Gasteiger partial charge in [0, 0.05) is 11.6 Å². The number of rotatable bonds is 5. The molecule has 1 fully saturated rings. The minimum Gasteiger partial charge on any atom is -0.469 e. The molecule has 2 aromatic rings. The monoisotopic (exact) mass is 460 g/mol. The van der Waals surface area contributed by atoms with Gasteiger partial charge in [-0.1, -0.05) is 66.4 Å². The van der Waals surface area contributed by atoms with Gasteiger partial charge in [0.15, 0.2) is 0 Å². The minimum absolute atomic E-state index is 0.119. The van der Waals surface area contributed by atoms with Gasteiger partial charge in [0.1, 0.15) is 5.75 Å². The van der Waals surface area contributed by atoms with Crippen LogP contribution in [0.25, 0.3) is 0 Å². The first-order valence-corrected chi connectivity index (χ1v) is 11.0. The van der Waals surface area contributed by atoms with E-state index in [2.05, 4.69) is 34.1 Å². The van der Waals surface area contributed by atoms with Crippen molar-refractivity contribution in [1.29, 1.82) is 0 Å². The van der Waals surface area contributed by atoms with Gasteiger partial charge in [0.25, 0.3) is 0 Å². The molecular weight excluding hydrogens is 432 g/mol. The van der Waals surface area contributed by atoms with Crippen molar-refractivity contribution >= 4 is 21.9 Å². The highest BCUT2D eigenvalue weighted by molar-refractivity contribution is 9.10. The molecule has 3 atom stereocenters. The molecule has 0 saturated heterocycles. The second-order valence-electron chi connectivity index (χ2n) is 7.72. The summed E-state index contributed by atoms with van der Waals surface area (Å²) >= 11 is 3.48. The Labute approximate surface area is 181 Å².